The highest BCUT2D eigenvalue weighted by Crippen LogP contribution is 2.35. The average molecular weight is 346 g/mol. The Balaban J connectivity index is 1.92. The van der Waals surface area contributed by atoms with Gasteiger partial charge in [0.15, 0.2) is 5.78 Å². The second-order valence-electron chi connectivity index (χ2n) is 6.51. The van der Waals surface area contributed by atoms with Crippen molar-refractivity contribution in [2.45, 2.75) is 45.6 Å². The first-order chi connectivity index (χ1) is 11.4. The lowest BCUT2D eigenvalue weighted by Gasteiger charge is -2.22. The van der Waals surface area contributed by atoms with Crippen LogP contribution in [0.25, 0.3) is 0 Å². The molecule has 5 heteroatoms. The van der Waals surface area contributed by atoms with E-state index < -0.39 is 5.97 Å². The molecule has 0 amide bonds. The van der Waals surface area contributed by atoms with Crippen LogP contribution in [0.4, 0.5) is 0 Å². The fraction of sp³-hybridized carbons (Fsp3) is 0.368. The summed E-state index contributed by atoms with van der Waals surface area (Å²) in [6, 6.07) is 7.58. The maximum atomic E-state index is 12.6. The molecular formula is C19H20ClNO3. The molecule has 24 heavy (non-hydrogen) atoms. The molecule has 0 bridgehead atoms. The number of H-pyrrole nitrogens is 1. The smallest absolute Gasteiger partial charge is 0.355 e. The molecule has 1 aromatic carbocycles. The molecular weight excluding hydrogens is 326 g/mol. The van der Waals surface area contributed by atoms with Gasteiger partial charge in [-0.2, -0.15) is 0 Å². The molecule has 0 spiro atoms. The summed E-state index contributed by atoms with van der Waals surface area (Å²) in [5, 5.41) is 0.677. The number of rotatable bonds is 3. The summed E-state index contributed by atoms with van der Waals surface area (Å²) in [7, 11) is 0. The molecule has 0 radical (unpaired) electrons. The van der Waals surface area contributed by atoms with Crippen LogP contribution < -0.4 is 0 Å². The van der Waals surface area contributed by atoms with Crippen molar-refractivity contribution in [2.75, 3.05) is 0 Å². The number of benzene rings is 1. The van der Waals surface area contributed by atoms with E-state index >= 15 is 0 Å². The van der Waals surface area contributed by atoms with E-state index in [-0.39, 0.29) is 17.8 Å². The molecule has 126 valence electrons. The van der Waals surface area contributed by atoms with E-state index in [1.54, 1.807) is 20.8 Å². The second-order valence-corrected chi connectivity index (χ2v) is 6.95. The van der Waals surface area contributed by atoms with Gasteiger partial charge in [-0.05, 0) is 56.4 Å². The summed E-state index contributed by atoms with van der Waals surface area (Å²) >= 11 is 5.94. The molecule has 2 aromatic rings. The predicted octanol–water partition coefficient (Wildman–Crippen LogP) is 4.45. The number of halogens is 1. The van der Waals surface area contributed by atoms with Crippen LogP contribution in [0.5, 0.6) is 0 Å². The molecule has 1 atom stereocenters. The topological polar surface area (TPSA) is 59.2 Å². The van der Waals surface area contributed by atoms with E-state index in [1.807, 2.05) is 24.3 Å². The van der Waals surface area contributed by atoms with Crippen LogP contribution in [0.1, 0.15) is 63.9 Å². The summed E-state index contributed by atoms with van der Waals surface area (Å²) in [6.45, 7) is 5.41. The molecule has 1 aliphatic carbocycles. The second kappa shape index (κ2) is 6.44. The number of nitrogens with one attached hydrogen (secondary N) is 1. The molecule has 1 N–H and O–H groups in total. The van der Waals surface area contributed by atoms with Crippen molar-refractivity contribution in [3.05, 3.63) is 57.4 Å². The monoisotopic (exact) mass is 345 g/mol. The Hall–Kier alpha value is -2.07. The minimum Gasteiger partial charge on any atom is -0.458 e. The number of carbonyl (C=O) groups is 2. The molecule has 1 heterocycles. The lowest BCUT2D eigenvalue weighted by Crippen LogP contribution is -2.18. The third kappa shape index (κ3) is 3.11. The first-order valence-corrected chi connectivity index (χ1v) is 8.45. The van der Waals surface area contributed by atoms with E-state index in [0.29, 0.717) is 34.7 Å². The first-order valence-electron chi connectivity index (χ1n) is 8.08. The van der Waals surface area contributed by atoms with Gasteiger partial charge in [-0.3, -0.25) is 4.79 Å². The third-order valence-electron chi connectivity index (χ3n) is 4.38. The van der Waals surface area contributed by atoms with Gasteiger partial charge in [-0.25, -0.2) is 4.79 Å². The lowest BCUT2D eigenvalue weighted by molar-refractivity contribution is 0.0370. The van der Waals surface area contributed by atoms with Gasteiger partial charge in [0.05, 0.1) is 6.10 Å². The number of aromatic amines is 1. The van der Waals surface area contributed by atoms with Gasteiger partial charge in [0.1, 0.15) is 5.69 Å². The molecule has 3 rings (SSSR count). The van der Waals surface area contributed by atoms with Crippen molar-refractivity contribution in [2.24, 2.45) is 0 Å². The average Bonchev–Trinajstić information content (AvgIpc) is 2.85. The molecule has 0 saturated carbocycles. The van der Waals surface area contributed by atoms with Crippen molar-refractivity contribution in [3.63, 3.8) is 0 Å². The van der Waals surface area contributed by atoms with Gasteiger partial charge in [-0.1, -0.05) is 23.7 Å². The van der Waals surface area contributed by atoms with Crippen molar-refractivity contribution >= 4 is 23.4 Å². The Labute approximate surface area is 146 Å². The normalized spacial score (nSPS) is 17.0. The number of ether oxygens (including phenoxy) is 1. The number of ketones is 1. The zero-order chi connectivity index (χ0) is 17.4. The van der Waals surface area contributed by atoms with Crippen LogP contribution in [-0.4, -0.2) is 22.8 Å². The number of fused-ring (bicyclic) bond motifs is 1. The Kier molecular flexibility index (Phi) is 4.50. The van der Waals surface area contributed by atoms with Crippen LogP contribution in [0, 0.1) is 6.92 Å². The minimum absolute atomic E-state index is 0.0635. The fourth-order valence-corrected chi connectivity index (χ4v) is 3.41. The van der Waals surface area contributed by atoms with Crippen LogP contribution in [0.2, 0.25) is 5.02 Å². The van der Waals surface area contributed by atoms with Crippen molar-refractivity contribution in [3.8, 4) is 0 Å². The Morgan fingerprint density at radius 3 is 2.54 bits per heavy atom. The summed E-state index contributed by atoms with van der Waals surface area (Å²) in [5.41, 5.74) is 3.63. The van der Waals surface area contributed by atoms with Crippen LogP contribution >= 0.6 is 11.6 Å². The molecule has 0 fully saturated rings. The fourth-order valence-electron chi connectivity index (χ4n) is 3.28. The van der Waals surface area contributed by atoms with E-state index in [4.69, 9.17) is 16.3 Å². The lowest BCUT2D eigenvalue weighted by atomic mass is 9.81. The largest absolute Gasteiger partial charge is 0.458 e. The van der Waals surface area contributed by atoms with Crippen LogP contribution in [0.3, 0.4) is 0 Å². The zero-order valence-electron chi connectivity index (χ0n) is 14.0. The number of esters is 1. The highest BCUT2D eigenvalue weighted by Gasteiger charge is 2.32. The van der Waals surface area contributed by atoms with Crippen molar-refractivity contribution in [1.82, 2.24) is 4.98 Å². The minimum atomic E-state index is -0.409. The summed E-state index contributed by atoms with van der Waals surface area (Å²) in [6.07, 6.45) is 0.930. The number of carbonyl (C=O) groups excluding carboxylic acids is 2. The van der Waals surface area contributed by atoms with Crippen molar-refractivity contribution < 1.29 is 14.3 Å². The van der Waals surface area contributed by atoms with E-state index in [2.05, 4.69) is 4.98 Å². The summed E-state index contributed by atoms with van der Waals surface area (Å²) < 4.78 is 5.26. The highest BCUT2D eigenvalue weighted by atomic mass is 35.5. The molecule has 1 aromatic heterocycles. The quantitative estimate of drug-likeness (QED) is 0.836. The Morgan fingerprint density at radius 2 is 1.92 bits per heavy atom. The summed E-state index contributed by atoms with van der Waals surface area (Å²) in [5.74, 6) is -0.254. The van der Waals surface area contributed by atoms with Gasteiger partial charge in [0, 0.05) is 22.7 Å². The van der Waals surface area contributed by atoms with Gasteiger partial charge < -0.3 is 9.72 Å². The number of Topliss-reactive ketones (excluding diaryl/α,β-unsaturated/α-hetero) is 1. The molecule has 0 saturated heterocycles. The molecule has 0 aliphatic heterocycles. The molecule has 0 unspecified atom stereocenters. The van der Waals surface area contributed by atoms with E-state index in [0.717, 1.165) is 11.3 Å². The highest BCUT2D eigenvalue weighted by molar-refractivity contribution is 6.30. The SMILES string of the molecule is Cc1c(C(=O)OC(C)C)[nH]c2c1C(=O)C[C@H](c1ccc(Cl)cc1)C2. The van der Waals surface area contributed by atoms with Gasteiger partial charge >= 0.3 is 5.97 Å². The van der Waals surface area contributed by atoms with Gasteiger partial charge in [0.2, 0.25) is 0 Å². The molecule has 4 nitrogen and oxygen atoms in total. The zero-order valence-corrected chi connectivity index (χ0v) is 14.7. The van der Waals surface area contributed by atoms with E-state index in [1.165, 1.54) is 0 Å². The molecule has 1 aliphatic rings. The van der Waals surface area contributed by atoms with Gasteiger partial charge in [0.25, 0.3) is 0 Å². The maximum absolute atomic E-state index is 12.6. The number of hydrogen-bond donors (Lipinski definition) is 1. The predicted molar refractivity (Wildman–Crippen MR) is 92.9 cm³/mol. The van der Waals surface area contributed by atoms with Crippen LogP contribution in [0.15, 0.2) is 24.3 Å². The number of aromatic nitrogens is 1. The maximum Gasteiger partial charge on any atom is 0.355 e. The summed E-state index contributed by atoms with van der Waals surface area (Å²) in [4.78, 5) is 28.0. The standard InChI is InChI=1S/C19H20ClNO3/c1-10(2)24-19(23)18-11(3)17-15(21-18)8-13(9-16(17)22)12-4-6-14(20)7-5-12/h4-7,10,13,21H,8-9H2,1-3H3/t13-/m1/s1. The van der Waals surface area contributed by atoms with Gasteiger partial charge in [-0.15, -0.1) is 0 Å². The first kappa shape index (κ1) is 16.8. The van der Waals surface area contributed by atoms with Crippen LogP contribution in [-0.2, 0) is 11.2 Å². The number of hydrogen-bond acceptors (Lipinski definition) is 3. The third-order valence-corrected chi connectivity index (χ3v) is 4.63. The van der Waals surface area contributed by atoms with Crippen molar-refractivity contribution in [1.29, 1.82) is 0 Å². The Morgan fingerprint density at radius 1 is 1.25 bits per heavy atom. The Bertz CT molecular complexity index is 790. The van der Waals surface area contributed by atoms with E-state index in [9.17, 15) is 9.59 Å².